The second-order valence-corrected chi connectivity index (χ2v) is 5.60. The molecule has 0 radical (unpaired) electrons. The minimum Gasteiger partial charge on any atom is -0.355 e. The molecule has 0 aliphatic carbocycles. The predicted molar refractivity (Wildman–Crippen MR) is 67.9 cm³/mol. The van der Waals surface area contributed by atoms with Crippen LogP contribution in [0.5, 0.6) is 0 Å². The molecule has 2 rings (SSSR count). The fourth-order valence-corrected chi connectivity index (χ4v) is 2.92. The maximum absolute atomic E-state index is 5.82. The average molecular weight is 243 g/mol. The van der Waals surface area contributed by atoms with E-state index >= 15 is 0 Å². The number of hydrogen-bond donors (Lipinski definition) is 0. The Labute approximate surface area is 100 Å². The minimum atomic E-state index is 0.563. The Balaban J connectivity index is 2.13. The van der Waals surface area contributed by atoms with Crippen LogP contribution < -0.4 is 4.90 Å². The molecular weight excluding hydrogens is 228 g/mol. The zero-order valence-electron chi connectivity index (χ0n) is 8.82. The Bertz CT molecular complexity index is 332. The standard InChI is InChI=1S/C11H15ClN2S/c1-9-8-14(4-5-15-9)11-6-10(7-12)2-3-13-11/h2-3,6,9H,4-5,7-8H2,1H3. The fourth-order valence-electron chi connectivity index (χ4n) is 1.74. The Hall–Kier alpha value is -0.410. The van der Waals surface area contributed by atoms with E-state index in [9.17, 15) is 0 Å². The molecule has 1 saturated heterocycles. The summed E-state index contributed by atoms with van der Waals surface area (Å²) in [6.45, 7) is 4.44. The summed E-state index contributed by atoms with van der Waals surface area (Å²) in [5, 5.41) is 0.695. The highest BCUT2D eigenvalue weighted by Gasteiger charge is 2.17. The zero-order chi connectivity index (χ0) is 10.7. The summed E-state index contributed by atoms with van der Waals surface area (Å²) >= 11 is 7.85. The summed E-state index contributed by atoms with van der Waals surface area (Å²) in [6.07, 6.45) is 1.85. The molecule has 1 atom stereocenters. The first kappa shape index (κ1) is 11.1. The van der Waals surface area contributed by atoms with E-state index in [4.69, 9.17) is 11.6 Å². The Morgan fingerprint density at radius 3 is 3.27 bits per heavy atom. The van der Waals surface area contributed by atoms with Crippen molar-refractivity contribution in [2.24, 2.45) is 0 Å². The van der Waals surface area contributed by atoms with Gasteiger partial charge in [0.25, 0.3) is 0 Å². The van der Waals surface area contributed by atoms with Crippen molar-refractivity contribution in [3.63, 3.8) is 0 Å². The highest BCUT2D eigenvalue weighted by Crippen LogP contribution is 2.22. The average Bonchev–Trinajstić information content (AvgIpc) is 2.29. The van der Waals surface area contributed by atoms with Gasteiger partial charge in [0, 0.05) is 36.2 Å². The highest BCUT2D eigenvalue weighted by atomic mass is 35.5. The molecule has 1 aromatic rings. The van der Waals surface area contributed by atoms with Gasteiger partial charge in [-0.25, -0.2) is 4.98 Å². The van der Waals surface area contributed by atoms with Crippen molar-refractivity contribution in [1.82, 2.24) is 4.98 Å². The van der Waals surface area contributed by atoms with E-state index in [2.05, 4.69) is 22.9 Å². The van der Waals surface area contributed by atoms with Gasteiger partial charge in [-0.3, -0.25) is 0 Å². The van der Waals surface area contributed by atoms with Gasteiger partial charge in [-0.1, -0.05) is 6.92 Å². The van der Waals surface area contributed by atoms with Crippen molar-refractivity contribution in [2.75, 3.05) is 23.7 Å². The molecule has 1 aliphatic heterocycles. The lowest BCUT2D eigenvalue weighted by molar-refractivity contribution is 0.769. The number of thioether (sulfide) groups is 1. The van der Waals surface area contributed by atoms with Crippen molar-refractivity contribution >= 4 is 29.2 Å². The van der Waals surface area contributed by atoms with Crippen LogP contribution >= 0.6 is 23.4 Å². The van der Waals surface area contributed by atoms with Crippen LogP contribution in [0.1, 0.15) is 12.5 Å². The van der Waals surface area contributed by atoms with Gasteiger partial charge >= 0.3 is 0 Å². The van der Waals surface area contributed by atoms with Gasteiger partial charge in [0.2, 0.25) is 0 Å². The van der Waals surface area contributed by atoms with Crippen molar-refractivity contribution < 1.29 is 0 Å². The predicted octanol–water partition coefficient (Wildman–Crippen LogP) is 2.76. The summed E-state index contributed by atoms with van der Waals surface area (Å²) in [5.74, 6) is 2.82. The molecule has 2 heterocycles. The highest BCUT2D eigenvalue weighted by molar-refractivity contribution is 8.00. The molecule has 0 saturated carbocycles. The maximum atomic E-state index is 5.82. The largest absolute Gasteiger partial charge is 0.355 e. The lowest BCUT2D eigenvalue weighted by Gasteiger charge is -2.31. The number of alkyl halides is 1. The quantitative estimate of drug-likeness (QED) is 0.742. The SMILES string of the molecule is CC1CN(c2cc(CCl)ccn2)CCS1. The number of rotatable bonds is 2. The Kier molecular flexibility index (Phi) is 3.76. The summed E-state index contributed by atoms with van der Waals surface area (Å²) in [7, 11) is 0. The van der Waals surface area contributed by atoms with Crippen LogP contribution in [0.3, 0.4) is 0 Å². The van der Waals surface area contributed by atoms with Crippen molar-refractivity contribution in [3.05, 3.63) is 23.9 Å². The van der Waals surface area contributed by atoms with E-state index in [1.165, 1.54) is 5.75 Å². The smallest absolute Gasteiger partial charge is 0.128 e. The van der Waals surface area contributed by atoms with Gasteiger partial charge in [-0.15, -0.1) is 11.6 Å². The normalized spacial score (nSPS) is 21.7. The molecule has 1 aliphatic rings. The lowest BCUT2D eigenvalue weighted by atomic mass is 10.2. The molecule has 2 nitrogen and oxygen atoms in total. The van der Waals surface area contributed by atoms with Gasteiger partial charge in [0.05, 0.1) is 0 Å². The van der Waals surface area contributed by atoms with E-state index in [-0.39, 0.29) is 0 Å². The van der Waals surface area contributed by atoms with E-state index in [1.54, 1.807) is 0 Å². The van der Waals surface area contributed by atoms with Gasteiger partial charge in [0.1, 0.15) is 5.82 Å². The van der Waals surface area contributed by atoms with Gasteiger partial charge < -0.3 is 4.90 Å². The Morgan fingerprint density at radius 2 is 2.53 bits per heavy atom. The van der Waals surface area contributed by atoms with E-state index in [0.29, 0.717) is 11.1 Å². The molecule has 0 bridgehead atoms. The second-order valence-electron chi connectivity index (χ2n) is 3.78. The molecule has 0 N–H and O–H groups in total. The fraction of sp³-hybridized carbons (Fsp3) is 0.545. The van der Waals surface area contributed by atoms with Crippen LogP contribution in [-0.2, 0) is 5.88 Å². The van der Waals surface area contributed by atoms with Crippen molar-refractivity contribution in [1.29, 1.82) is 0 Å². The van der Waals surface area contributed by atoms with Crippen LogP contribution in [0.4, 0.5) is 5.82 Å². The molecule has 82 valence electrons. The first-order chi connectivity index (χ1) is 7.29. The minimum absolute atomic E-state index is 0.563. The molecule has 0 amide bonds. The van der Waals surface area contributed by atoms with E-state index in [1.807, 2.05) is 24.0 Å². The van der Waals surface area contributed by atoms with Crippen LogP contribution in [0.25, 0.3) is 0 Å². The van der Waals surface area contributed by atoms with E-state index < -0.39 is 0 Å². The van der Waals surface area contributed by atoms with Gasteiger partial charge in [-0.05, 0) is 17.7 Å². The molecule has 1 fully saturated rings. The number of anilines is 1. The summed E-state index contributed by atoms with van der Waals surface area (Å²) in [6, 6.07) is 4.06. The number of nitrogens with zero attached hydrogens (tertiary/aromatic N) is 2. The van der Waals surface area contributed by atoms with Crippen molar-refractivity contribution in [3.8, 4) is 0 Å². The monoisotopic (exact) mass is 242 g/mol. The third kappa shape index (κ3) is 2.79. The summed E-state index contributed by atoms with van der Waals surface area (Å²) in [5.41, 5.74) is 1.15. The number of halogens is 1. The molecular formula is C11H15ClN2S. The molecule has 4 heteroatoms. The molecule has 1 unspecified atom stereocenters. The molecule has 0 spiro atoms. The third-order valence-corrected chi connectivity index (χ3v) is 3.97. The first-order valence-electron chi connectivity index (χ1n) is 5.17. The zero-order valence-corrected chi connectivity index (χ0v) is 10.4. The summed E-state index contributed by atoms with van der Waals surface area (Å²) in [4.78, 5) is 6.75. The van der Waals surface area contributed by atoms with Crippen LogP contribution in [0.2, 0.25) is 0 Å². The lowest BCUT2D eigenvalue weighted by Crippen LogP contribution is -2.37. The number of pyridine rings is 1. The van der Waals surface area contributed by atoms with Gasteiger partial charge in [-0.2, -0.15) is 11.8 Å². The summed E-state index contributed by atoms with van der Waals surface area (Å²) < 4.78 is 0. The topological polar surface area (TPSA) is 16.1 Å². The third-order valence-electron chi connectivity index (χ3n) is 2.53. The number of aromatic nitrogens is 1. The van der Waals surface area contributed by atoms with E-state index in [0.717, 1.165) is 24.5 Å². The Morgan fingerprint density at radius 1 is 1.67 bits per heavy atom. The second kappa shape index (κ2) is 5.08. The van der Waals surface area contributed by atoms with Crippen LogP contribution in [0.15, 0.2) is 18.3 Å². The molecule has 15 heavy (non-hydrogen) atoms. The van der Waals surface area contributed by atoms with Crippen LogP contribution in [0, 0.1) is 0 Å². The van der Waals surface area contributed by atoms with Crippen LogP contribution in [-0.4, -0.2) is 29.1 Å². The number of hydrogen-bond acceptors (Lipinski definition) is 3. The first-order valence-corrected chi connectivity index (χ1v) is 6.75. The maximum Gasteiger partial charge on any atom is 0.128 e. The van der Waals surface area contributed by atoms with Crippen molar-refractivity contribution in [2.45, 2.75) is 18.1 Å². The molecule has 1 aromatic heterocycles. The van der Waals surface area contributed by atoms with Gasteiger partial charge in [0.15, 0.2) is 0 Å². The molecule has 0 aromatic carbocycles.